The van der Waals surface area contributed by atoms with Gasteiger partial charge in [0, 0.05) is 0 Å². The second-order valence-corrected chi connectivity index (χ2v) is 2.37. The first-order chi connectivity index (χ1) is 5.91. The van der Waals surface area contributed by atoms with E-state index in [4.69, 9.17) is 20.4 Å². The van der Waals surface area contributed by atoms with E-state index in [-0.39, 0.29) is 57.7 Å². The van der Waals surface area contributed by atoms with Crippen molar-refractivity contribution in [1.29, 1.82) is 0 Å². The van der Waals surface area contributed by atoms with Crippen molar-refractivity contribution in [2.24, 2.45) is 0 Å². The summed E-state index contributed by atoms with van der Waals surface area (Å²) < 4.78 is 0. The summed E-state index contributed by atoms with van der Waals surface area (Å²) in [4.78, 5) is 19.8. The topological polar surface area (TPSA) is 138 Å². The maximum Gasteiger partial charge on any atom is 1.00 e. The molecule has 0 saturated heterocycles. The van der Waals surface area contributed by atoms with Crippen LogP contribution in [-0.2, 0) is 9.59 Å². The van der Waals surface area contributed by atoms with Crippen molar-refractivity contribution < 1.29 is 86.5 Å². The molecule has 76 valence electrons. The molecule has 7 nitrogen and oxygen atoms in total. The summed E-state index contributed by atoms with van der Waals surface area (Å²) in [7, 11) is 0. The molecule has 14 heavy (non-hydrogen) atoms. The van der Waals surface area contributed by atoms with Gasteiger partial charge in [0.25, 0.3) is 0 Å². The van der Waals surface area contributed by atoms with Gasteiger partial charge in [-0.25, -0.2) is 0 Å². The molecule has 0 heterocycles. The molecule has 0 aromatic rings. The molecule has 0 amide bonds. The van der Waals surface area contributed by atoms with Crippen LogP contribution in [0.1, 0.15) is 0 Å². The van der Waals surface area contributed by atoms with Crippen LogP contribution in [0.2, 0.25) is 0 Å². The summed E-state index contributed by atoms with van der Waals surface area (Å²) >= 11 is 0. The Balaban J connectivity index is 0. The largest absolute Gasteiger partial charge is 1.00 e. The second kappa shape index (κ2) is 7.85. The number of aliphatic hydroxyl groups is 4. The Morgan fingerprint density at radius 3 is 1.86 bits per heavy atom. The summed E-state index contributed by atoms with van der Waals surface area (Å²) in [5.74, 6) is -2.01. The number of carbonyl (C=O) groups excluding carboxylic acids is 2. The van der Waals surface area contributed by atoms with Crippen molar-refractivity contribution in [3.63, 3.8) is 0 Å². The molecule has 0 fully saturated rings. The molecule has 0 rings (SSSR count). The Hall–Kier alpha value is 0.616. The molecule has 8 heteroatoms. The maximum atomic E-state index is 9.95. The molecule has 0 aromatic carbocycles. The van der Waals surface area contributed by atoms with Gasteiger partial charge < -0.3 is 35.1 Å². The summed E-state index contributed by atoms with van der Waals surface area (Å²) in [6.07, 6.45) is -8.65. The fourth-order valence-corrected chi connectivity index (χ4v) is 0.609. The average molecular weight is 232 g/mol. The Morgan fingerprint density at radius 1 is 1.14 bits per heavy atom. The van der Waals surface area contributed by atoms with E-state index in [9.17, 15) is 14.7 Å². The molecule has 0 aliphatic heterocycles. The van der Waals surface area contributed by atoms with Crippen LogP contribution in [-0.4, -0.2) is 57.1 Å². The first kappa shape index (κ1) is 17.0. The Bertz CT molecular complexity index is 197. The average Bonchev–Trinajstić information content (AvgIpc) is 2.12. The predicted molar refractivity (Wildman–Crippen MR) is 35.1 cm³/mol. The third-order valence-corrected chi connectivity index (χ3v) is 1.40. The molecule has 4 N–H and O–H groups in total. The van der Waals surface area contributed by atoms with Gasteiger partial charge in [0.15, 0.2) is 6.29 Å². The van der Waals surface area contributed by atoms with E-state index in [0.29, 0.717) is 0 Å². The van der Waals surface area contributed by atoms with Gasteiger partial charge in [-0.2, -0.15) is 0 Å². The number of aliphatic carboxylic acids is 1. The molecule has 0 spiro atoms. The molecular formula is C6H9KO7. The molecule has 4 atom stereocenters. The summed E-state index contributed by atoms with van der Waals surface area (Å²) in [5.41, 5.74) is 0. The fraction of sp³-hybridized carbons (Fsp3) is 0.667. The van der Waals surface area contributed by atoms with E-state index in [1.54, 1.807) is 0 Å². The summed E-state index contributed by atoms with van der Waals surface area (Å²) in [6, 6.07) is 0. The minimum Gasteiger partial charge on any atom is -0.547 e. The first-order valence-electron chi connectivity index (χ1n) is 3.30. The number of aldehydes is 1. The number of carboxylic acid groups (broad SMARTS) is 1. The van der Waals surface area contributed by atoms with Crippen LogP contribution in [0.4, 0.5) is 0 Å². The van der Waals surface area contributed by atoms with Gasteiger partial charge >= 0.3 is 51.4 Å². The zero-order valence-corrected chi connectivity index (χ0v) is 10.5. The van der Waals surface area contributed by atoms with Crippen LogP contribution < -0.4 is 56.5 Å². The van der Waals surface area contributed by atoms with E-state index < -0.39 is 30.4 Å². The molecule has 0 radical (unpaired) electrons. The van der Waals surface area contributed by atoms with Gasteiger partial charge in [0.2, 0.25) is 0 Å². The molecule has 0 aliphatic carbocycles. The number of rotatable bonds is 5. The third kappa shape index (κ3) is 4.91. The van der Waals surface area contributed by atoms with E-state index in [0.717, 1.165) is 0 Å². The fourth-order valence-electron chi connectivity index (χ4n) is 0.609. The first-order valence-corrected chi connectivity index (χ1v) is 3.30. The van der Waals surface area contributed by atoms with E-state index >= 15 is 0 Å². The number of carbonyl (C=O) groups is 2. The smallest absolute Gasteiger partial charge is 0.547 e. The van der Waals surface area contributed by atoms with E-state index in [1.165, 1.54) is 0 Å². The predicted octanol–water partition coefficient (Wildman–Crippen LogP) is -7.62. The standard InChI is InChI=1S/C6H10O7.K/c7-1-2(8)3(9)4(10)5(11)6(12)13;/h1-5,8-11H,(H,12,13);/q;+1/p-1/t2-,3-,4+,5+;/m1./s1. The summed E-state index contributed by atoms with van der Waals surface area (Å²) in [5, 5.41) is 44.8. The zero-order valence-electron chi connectivity index (χ0n) is 7.40. The van der Waals surface area contributed by atoms with Crippen molar-refractivity contribution in [1.82, 2.24) is 0 Å². The van der Waals surface area contributed by atoms with E-state index in [2.05, 4.69) is 0 Å². The normalized spacial score (nSPS) is 18.6. The number of carboxylic acids is 1. The van der Waals surface area contributed by atoms with Crippen molar-refractivity contribution in [2.75, 3.05) is 0 Å². The number of aliphatic hydroxyl groups excluding tert-OH is 4. The summed E-state index contributed by atoms with van der Waals surface area (Å²) in [6.45, 7) is 0. The van der Waals surface area contributed by atoms with Crippen molar-refractivity contribution in [3.8, 4) is 0 Å². The molecular weight excluding hydrogens is 223 g/mol. The quantitative estimate of drug-likeness (QED) is 0.273. The van der Waals surface area contributed by atoms with Crippen molar-refractivity contribution in [3.05, 3.63) is 0 Å². The van der Waals surface area contributed by atoms with Gasteiger partial charge in [-0.15, -0.1) is 0 Å². The molecule has 0 saturated carbocycles. The van der Waals surface area contributed by atoms with Crippen LogP contribution in [0.25, 0.3) is 0 Å². The minimum absolute atomic E-state index is 0. The van der Waals surface area contributed by atoms with Crippen molar-refractivity contribution in [2.45, 2.75) is 24.4 Å². The Kier molecular flexibility index (Phi) is 9.55. The number of hydrogen-bond acceptors (Lipinski definition) is 7. The molecule has 0 aliphatic rings. The van der Waals surface area contributed by atoms with Crippen molar-refractivity contribution >= 4 is 12.3 Å². The van der Waals surface area contributed by atoms with Crippen LogP contribution in [0.5, 0.6) is 0 Å². The van der Waals surface area contributed by atoms with Crippen LogP contribution >= 0.6 is 0 Å². The Morgan fingerprint density at radius 2 is 1.57 bits per heavy atom. The van der Waals surface area contributed by atoms with Crippen LogP contribution in [0.3, 0.4) is 0 Å². The maximum absolute atomic E-state index is 9.95. The molecule has 0 unspecified atom stereocenters. The SMILES string of the molecule is O=C[C@@H](O)[C@@H](O)[C@H](O)[C@H](O)C(=O)[O-].[K+]. The second-order valence-electron chi connectivity index (χ2n) is 2.37. The molecule has 0 aromatic heterocycles. The van der Waals surface area contributed by atoms with Gasteiger partial charge in [0.1, 0.15) is 24.4 Å². The van der Waals surface area contributed by atoms with Gasteiger partial charge in [-0.3, -0.25) is 0 Å². The van der Waals surface area contributed by atoms with Gasteiger partial charge in [0.05, 0.1) is 5.97 Å². The van der Waals surface area contributed by atoms with Gasteiger partial charge in [-0.05, 0) is 0 Å². The molecule has 0 bridgehead atoms. The zero-order chi connectivity index (χ0) is 10.6. The number of hydrogen-bond donors (Lipinski definition) is 4. The monoisotopic (exact) mass is 232 g/mol. The van der Waals surface area contributed by atoms with Crippen LogP contribution in [0, 0.1) is 0 Å². The van der Waals surface area contributed by atoms with E-state index in [1.807, 2.05) is 0 Å². The minimum atomic E-state index is -2.36. The van der Waals surface area contributed by atoms with Gasteiger partial charge in [-0.1, -0.05) is 0 Å². The third-order valence-electron chi connectivity index (χ3n) is 1.40. The Labute approximate surface area is 122 Å². The van der Waals surface area contributed by atoms with Crippen LogP contribution in [0.15, 0.2) is 0 Å².